The molecule has 6 nitrogen and oxygen atoms in total. The summed E-state index contributed by atoms with van der Waals surface area (Å²) in [5.74, 6) is -1.70. The number of rotatable bonds is 5. The Morgan fingerprint density at radius 1 is 1.13 bits per heavy atom. The maximum absolute atomic E-state index is 13.6. The number of nitro groups is 1. The van der Waals surface area contributed by atoms with Gasteiger partial charge in [0.05, 0.1) is 9.82 Å². The second-order valence-corrected chi connectivity index (χ2v) is 6.77. The predicted octanol–water partition coefficient (Wildman–Crippen LogP) is 2.69. The number of benzene rings is 2. The van der Waals surface area contributed by atoms with Gasteiger partial charge in [0.15, 0.2) is 0 Å². The molecule has 0 radical (unpaired) electrons. The number of hydrogen-bond acceptors (Lipinski definition) is 4. The number of nitrogens with zero attached hydrogens (tertiary/aromatic N) is 2. The molecular weight excluding hydrogens is 330 g/mol. The molecule has 0 heterocycles. The maximum atomic E-state index is 13.6. The summed E-state index contributed by atoms with van der Waals surface area (Å²) < 4.78 is 52.5. The summed E-state index contributed by atoms with van der Waals surface area (Å²) in [5, 5.41) is 10.7. The van der Waals surface area contributed by atoms with Crippen molar-refractivity contribution in [1.82, 2.24) is 4.31 Å². The molecule has 0 saturated carbocycles. The van der Waals surface area contributed by atoms with Crippen LogP contribution in [-0.2, 0) is 16.6 Å². The molecule has 0 bridgehead atoms. The minimum absolute atomic E-state index is 0.148. The molecule has 0 unspecified atom stereocenters. The molecular formula is C14H12F2N2O4S. The Morgan fingerprint density at radius 3 is 2.39 bits per heavy atom. The monoisotopic (exact) mass is 342 g/mol. The summed E-state index contributed by atoms with van der Waals surface area (Å²) >= 11 is 0. The molecule has 0 amide bonds. The molecule has 122 valence electrons. The SMILES string of the molecule is CN(Cc1ccccc1F)S(=O)(=O)c1ccc(F)c([N+](=O)[O-])c1. The largest absolute Gasteiger partial charge is 0.306 e. The van der Waals surface area contributed by atoms with Crippen LogP contribution in [0.25, 0.3) is 0 Å². The van der Waals surface area contributed by atoms with Gasteiger partial charge in [-0.1, -0.05) is 18.2 Å². The van der Waals surface area contributed by atoms with Crippen molar-refractivity contribution in [3.05, 3.63) is 69.8 Å². The molecule has 0 spiro atoms. The van der Waals surface area contributed by atoms with Crippen LogP contribution in [0.5, 0.6) is 0 Å². The number of halogens is 2. The highest BCUT2D eigenvalue weighted by Crippen LogP contribution is 2.24. The summed E-state index contributed by atoms with van der Waals surface area (Å²) in [6, 6.07) is 7.92. The second kappa shape index (κ2) is 6.39. The zero-order valence-corrected chi connectivity index (χ0v) is 12.8. The minimum Gasteiger partial charge on any atom is -0.258 e. The van der Waals surface area contributed by atoms with E-state index in [1.54, 1.807) is 6.07 Å². The zero-order chi connectivity index (χ0) is 17.2. The van der Waals surface area contributed by atoms with E-state index in [1.807, 2.05) is 0 Å². The van der Waals surface area contributed by atoms with Crippen LogP contribution in [0.15, 0.2) is 47.4 Å². The third kappa shape index (κ3) is 3.51. The van der Waals surface area contributed by atoms with Gasteiger partial charge >= 0.3 is 5.69 Å². The van der Waals surface area contributed by atoms with E-state index >= 15 is 0 Å². The lowest BCUT2D eigenvalue weighted by Crippen LogP contribution is -2.27. The van der Waals surface area contributed by atoms with Crippen LogP contribution in [0.1, 0.15) is 5.56 Å². The van der Waals surface area contributed by atoms with Crippen molar-refractivity contribution in [2.24, 2.45) is 0 Å². The Labute approximate surface area is 131 Å². The highest BCUT2D eigenvalue weighted by molar-refractivity contribution is 7.89. The summed E-state index contributed by atoms with van der Waals surface area (Å²) in [6.07, 6.45) is 0. The lowest BCUT2D eigenvalue weighted by Gasteiger charge is -2.17. The fourth-order valence-electron chi connectivity index (χ4n) is 1.92. The van der Waals surface area contributed by atoms with Crippen molar-refractivity contribution >= 4 is 15.7 Å². The lowest BCUT2D eigenvalue weighted by atomic mass is 10.2. The van der Waals surface area contributed by atoms with E-state index in [1.165, 1.54) is 25.2 Å². The Kier molecular flexibility index (Phi) is 4.71. The smallest absolute Gasteiger partial charge is 0.258 e. The molecule has 23 heavy (non-hydrogen) atoms. The van der Waals surface area contributed by atoms with Crippen molar-refractivity contribution in [3.63, 3.8) is 0 Å². The summed E-state index contributed by atoms with van der Waals surface area (Å²) in [4.78, 5) is 9.26. The van der Waals surface area contributed by atoms with Crippen molar-refractivity contribution < 1.29 is 22.1 Å². The third-order valence-electron chi connectivity index (χ3n) is 3.17. The van der Waals surface area contributed by atoms with E-state index in [-0.39, 0.29) is 12.1 Å². The van der Waals surface area contributed by atoms with Crippen LogP contribution in [0.3, 0.4) is 0 Å². The first-order valence-corrected chi connectivity index (χ1v) is 7.81. The van der Waals surface area contributed by atoms with Crippen molar-refractivity contribution in [1.29, 1.82) is 0 Å². The molecule has 0 N–H and O–H groups in total. The van der Waals surface area contributed by atoms with Crippen molar-refractivity contribution in [3.8, 4) is 0 Å². The van der Waals surface area contributed by atoms with Gasteiger partial charge in [-0.05, 0) is 18.2 Å². The molecule has 0 saturated heterocycles. The molecule has 2 rings (SSSR count). The highest BCUT2D eigenvalue weighted by Gasteiger charge is 2.25. The molecule has 0 atom stereocenters. The molecule has 0 aliphatic carbocycles. The van der Waals surface area contributed by atoms with Gasteiger partial charge in [-0.3, -0.25) is 10.1 Å². The van der Waals surface area contributed by atoms with E-state index < -0.39 is 37.2 Å². The van der Waals surface area contributed by atoms with Crippen LogP contribution in [0.4, 0.5) is 14.5 Å². The van der Waals surface area contributed by atoms with Gasteiger partial charge < -0.3 is 0 Å². The van der Waals surface area contributed by atoms with Crippen molar-refractivity contribution in [2.45, 2.75) is 11.4 Å². The van der Waals surface area contributed by atoms with Gasteiger partial charge in [-0.25, -0.2) is 12.8 Å². The Morgan fingerprint density at radius 2 is 1.78 bits per heavy atom. The second-order valence-electron chi connectivity index (χ2n) is 4.72. The molecule has 0 aliphatic heterocycles. The lowest BCUT2D eigenvalue weighted by molar-refractivity contribution is -0.387. The first kappa shape index (κ1) is 17.0. The minimum atomic E-state index is -4.13. The average molecular weight is 342 g/mol. The van der Waals surface area contributed by atoms with Gasteiger partial charge in [-0.2, -0.15) is 8.70 Å². The van der Waals surface area contributed by atoms with E-state index in [9.17, 15) is 27.3 Å². The normalized spacial score (nSPS) is 11.7. The average Bonchev–Trinajstić information content (AvgIpc) is 2.49. The molecule has 0 aromatic heterocycles. The fraction of sp³-hybridized carbons (Fsp3) is 0.143. The summed E-state index contributed by atoms with van der Waals surface area (Å²) in [6.45, 7) is -0.264. The van der Waals surface area contributed by atoms with Crippen molar-refractivity contribution in [2.75, 3.05) is 7.05 Å². The quantitative estimate of drug-likeness (QED) is 0.618. The number of nitro benzene ring substituents is 1. The molecule has 9 heteroatoms. The Bertz CT molecular complexity index is 856. The summed E-state index contributed by atoms with van der Waals surface area (Å²) in [7, 11) is -2.93. The van der Waals surface area contributed by atoms with Crippen LogP contribution in [0, 0.1) is 21.7 Å². The van der Waals surface area contributed by atoms with Crippen LogP contribution in [0.2, 0.25) is 0 Å². The fourth-order valence-corrected chi connectivity index (χ4v) is 3.09. The van der Waals surface area contributed by atoms with Gasteiger partial charge in [0.1, 0.15) is 5.82 Å². The first-order valence-electron chi connectivity index (χ1n) is 6.37. The first-order chi connectivity index (χ1) is 10.7. The number of hydrogen-bond donors (Lipinski definition) is 0. The molecule has 0 fully saturated rings. The van der Waals surface area contributed by atoms with E-state index in [0.29, 0.717) is 12.1 Å². The Balaban J connectivity index is 2.36. The standard InChI is InChI=1S/C14H12F2N2O4S/c1-17(9-10-4-2-3-5-12(10)15)23(21,22)11-6-7-13(16)14(8-11)18(19)20/h2-8H,9H2,1H3. The Hall–Kier alpha value is -2.39. The van der Waals surface area contributed by atoms with Crippen LogP contribution in [-0.4, -0.2) is 24.7 Å². The van der Waals surface area contributed by atoms with E-state index in [4.69, 9.17) is 0 Å². The highest BCUT2D eigenvalue weighted by atomic mass is 32.2. The predicted molar refractivity (Wildman–Crippen MR) is 78.1 cm³/mol. The van der Waals surface area contributed by atoms with Gasteiger partial charge in [0, 0.05) is 25.2 Å². The zero-order valence-electron chi connectivity index (χ0n) is 11.9. The van der Waals surface area contributed by atoms with Gasteiger partial charge in [0.2, 0.25) is 15.8 Å². The topological polar surface area (TPSA) is 80.5 Å². The van der Waals surface area contributed by atoms with Gasteiger partial charge in [0.25, 0.3) is 0 Å². The van der Waals surface area contributed by atoms with Crippen LogP contribution < -0.4 is 0 Å². The summed E-state index contributed by atoms with van der Waals surface area (Å²) in [5.41, 5.74) is -0.791. The molecule has 2 aromatic rings. The van der Waals surface area contributed by atoms with E-state index in [0.717, 1.165) is 10.4 Å². The van der Waals surface area contributed by atoms with Crippen LogP contribution >= 0.6 is 0 Å². The van der Waals surface area contributed by atoms with Gasteiger partial charge in [-0.15, -0.1) is 0 Å². The third-order valence-corrected chi connectivity index (χ3v) is 4.97. The molecule has 0 aliphatic rings. The van der Waals surface area contributed by atoms with E-state index in [2.05, 4.69) is 0 Å². The number of sulfonamides is 1. The molecule has 2 aromatic carbocycles. The maximum Gasteiger partial charge on any atom is 0.306 e.